The smallest absolute Gasteiger partial charge is 0.0652 e. The van der Waals surface area contributed by atoms with Crippen molar-refractivity contribution < 1.29 is 0 Å². The summed E-state index contributed by atoms with van der Waals surface area (Å²) < 4.78 is 0. The van der Waals surface area contributed by atoms with Gasteiger partial charge in [-0.1, -0.05) is 61.4 Å². The third kappa shape index (κ3) is 1.57. The van der Waals surface area contributed by atoms with E-state index in [0.717, 1.165) is 0 Å². The quantitative estimate of drug-likeness (QED) is 0.629. The Bertz CT molecular complexity index is 282. The third-order valence-electron chi connectivity index (χ3n) is 3.52. The Labute approximate surface area is 82.0 Å². The van der Waals surface area contributed by atoms with Crippen molar-refractivity contribution in [1.29, 1.82) is 0 Å². The van der Waals surface area contributed by atoms with Crippen LogP contribution in [-0.4, -0.2) is 8.07 Å². The van der Waals surface area contributed by atoms with Gasteiger partial charge in [-0.3, -0.25) is 0 Å². The number of benzene rings is 1. The standard InChI is InChI=1S/C12H18Si/c1-3-11-5-7-12(8-6-11)13(2)9-4-10-13/h5-8H,3-4,9-10H2,1-2H3. The fraction of sp³-hybridized carbons (Fsp3) is 0.500. The monoisotopic (exact) mass is 190 g/mol. The summed E-state index contributed by atoms with van der Waals surface area (Å²) in [7, 11) is -0.909. The molecule has 0 aromatic heterocycles. The van der Waals surface area contributed by atoms with Gasteiger partial charge in [-0.2, -0.15) is 0 Å². The molecule has 0 atom stereocenters. The zero-order valence-corrected chi connectivity index (χ0v) is 9.64. The first-order valence-electron chi connectivity index (χ1n) is 5.34. The lowest BCUT2D eigenvalue weighted by atomic mass is 10.2. The normalized spacial score (nSPS) is 19.5. The molecule has 0 aliphatic carbocycles. The molecule has 0 bridgehead atoms. The molecule has 1 aliphatic heterocycles. The summed E-state index contributed by atoms with van der Waals surface area (Å²) in [5, 5.41) is 1.68. The van der Waals surface area contributed by atoms with Gasteiger partial charge in [-0.05, 0) is 12.0 Å². The molecular formula is C12H18Si. The van der Waals surface area contributed by atoms with Crippen LogP contribution in [0.15, 0.2) is 24.3 Å². The molecule has 1 saturated heterocycles. The maximum absolute atomic E-state index is 2.53. The average molecular weight is 190 g/mol. The van der Waals surface area contributed by atoms with Gasteiger partial charge in [-0.25, -0.2) is 0 Å². The predicted octanol–water partition coefficient (Wildman–Crippen LogP) is 2.94. The topological polar surface area (TPSA) is 0 Å². The molecule has 0 amide bonds. The molecule has 0 nitrogen and oxygen atoms in total. The van der Waals surface area contributed by atoms with E-state index < -0.39 is 8.07 Å². The molecule has 70 valence electrons. The van der Waals surface area contributed by atoms with Crippen molar-refractivity contribution in [3.63, 3.8) is 0 Å². The first-order valence-corrected chi connectivity index (χ1v) is 8.25. The molecule has 0 saturated carbocycles. The molecule has 1 heteroatoms. The Morgan fingerprint density at radius 3 is 2.15 bits per heavy atom. The molecule has 0 N–H and O–H groups in total. The Morgan fingerprint density at radius 1 is 1.15 bits per heavy atom. The molecule has 0 spiro atoms. The number of aryl methyl sites for hydroxylation is 1. The molecule has 1 aromatic rings. The van der Waals surface area contributed by atoms with Gasteiger partial charge in [0.2, 0.25) is 0 Å². The van der Waals surface area contributed by atoms with Crippen LogP contribution in [0.5, 0.6) is 0 Å². The number of rotatable bonds is 2. The van der Waals surface area contributed by atoms with Crippen LogP contribution >= 0.6 is 0 Å². The summed E-state index contributed by atoms with van der Waals surface area (Å²) in [6.45, 7) is 4.74. The van der Waals surface area contributed by atoms with Crippen LogP contribution in [0.4, 0.5) is 0 Å². The van der Waals surface area contributed by atoms with Gasteiger partial charge in [-0.15, -0.1) is 0 Å². The lowest BCUT2D eigenvalue weighted by molar-refractivity contribution is 0.917. The molecular weight excluding hydrogens is 172 g/mol. The third-order valence-corrected chi connectivity index (χ3v) is 8.16. The number of hydrogen-bond donors (Lipinski definition) is 0. The minimum Gasteiger partial charge on any atom is -0.0652 e. The summed E-state index contributed by atoms with van der Waals surface area (Å²) in [5.74, 6) is 0. The van der Waals surface area contributed by atoms with E-state index in [1.165, 1.54) is 30.5 Å². The summed E-state index contributed by atoms with van der Waals surface area (Å²) in [6, 6.07) is 12.4. The van der Waals surface area contributed by atoms with Crippen LogP contribution in [0.2, 0.25) is 18.6 Å². The van der Waals surface area contributed by atoms with E-state index in [-0.39, 0.29) is 0 Å². The lowest BCUT2D eigenvalue weighted by Gasteiger charge is -2.36. The molecule has 1 aromatic carbocycles. The highest BCUT2D eigenvalue weighted by atomic mass is 28.3. The van der Waals surface area contributed by atoms with Gasteiger partial charge in [0.1, 0.15) is 0 Å². The van der Waals surface area contributed by atoms with E-state index in [9.17, 15) is 0 Å². The van der Waals surface area contributed by atoms with E-state index in [1.807, 2.05) is 0 Å². The van der Waals surface area contributed by atoms with E-state index in [1.54, 1.807) is 5.19 Å². The minimum atomic E-state index is -0.909. The largest absolute Gasteiger partial charge is 0.0836 e. The van der Waals surface area contributed by atoms with E-state index in [4.69, 9.17) is 0 Å². The second-order valence-electron chi connectivity index (χ2n) is 4.46. The van der Waals surface area contributed by atoms with E-state index >= 15 is 0 Å². The van der Waals surface area contributed by atoms with Crippen molar-refractivity contribution in [2.75, 3.05) is 0 Å². The zero-order chi connectivity index (χ0) is 9.31. The van der Waals surface area contributed by atoms with Gasteiger partial charge in [0, 0.05) is 0 Å². The second kappa shape index (κ2) is 3.30. The highest BCUT2D eigenvalue weighted by Crippen LogP contribution is 2.31. The van der Waals surface area contributed by atoms with Crippen LogP contribution in [0, 0.1) is 0 Å². The number of hydrogen-bond acceptors (Lipinski definition) is 0. The van der Waals surface area contributed by atoms with Gasteiger partial charge in [0.15, 0.2) is 0 Å². The molecule has 13 heavy (non-hydrogen) atoms. The van der Waals surface area contributed by atoms with Crippen molar-refractivity contribution in [2.24, 2.45) is 0 Å². The SMILES string of the molecule is CCc1ccc([Si]2(C)CCC2)cc1. The minimum absolute atomic E-state index is 0.909. The highest BCUT2D eigenvalue weighted by molar-refractivity contribution is 6.92. The first-order chi connectivity index (χ1) is 6.24. The highest BCUT2D eigenvalue weighted by Gasteiger charge is 2.35. The lowest BCUT2D eigenvalue weighted by Crippen LogP contribution is -2.50. The van der Waals surface area contributed by atoms with Crippen LogP contribution in [0.25, 0.3) is 0 Å². The van der Waals surface area contributed by atoms with E-state index in [0.29, 0.717) is 0 Å². The van der Waals surface area contributed by atoms with Crippen molar-refractivity contribution in [3.8, 4) is 0 Å². The average Bonchev–Trinajstić information content (AvgIpc) is 2.14. The van der Waals surface area contributed by atoms with E-state index in [2.05, 4.69) is 37.7 Å². The Morgan fingerprint density at radius 2 is 1.77 bits per heavy atom. The Kier molecular flexibility index (Phi) is 2.29. The molecule has 1 aliphatic rings. The summed E-state index contributed by atoms with van der Waals surface area (Å²) in [4.78, 5) is 0. The molecule has 0 unspecified atom stereocenters. The fourth-order valence-corrected chi connectivity index (χ4v) is 5.10. The first kappa shape index (κ1) is 9.01. The second-order valence-corrected chi connectivity index (χ2v) is 9.16. The fourth-order valence-electron chi connectivity index (χ4n) is 2.14. The Balaban J connectivity index is 2.22. The van der Waals surface area contributed by atoms with Gasteiger partial charge in [0.25, 0.3) is 0 Å². The molecule has 0 radical (unpaired) electrons. The summed E-state index contributed by atoms with van der Waals surface area (Å²) in [5.41, 5.74) is 1.47. The van der Waals surface area contributed by atoms with Crippen molar-refractivity contribution in [2.45, 2.75) is 38.4 Å². The maximum atomic E-state index is 2.53. The van der Waals surface area contributed by atoms with Gasteiger partial charge >= 0.3 is 0 Å². The van der Waals surface area contributed by atoms with Crippen molar-refractivity contribution in [1.82, 2.24) is 0 Å². The Hall–Kier alpha value is -0.563. The molecule has 2 rings (SSSR count). The van der Waals surface area contributed by atoms with Crippen molar-refractivity contribution in [3.05, 3.63) is 29.8 Å². The van der Waals surface area contributed by atoms with Crippen molar-refractivity contribution >= 4 is 13.3 Å². The summed E-state index contributed by atoms with van der Waals surface area (Å²) in [6.07, 6.45) is 2.64. The van der Waals surface area contributed by atoms with Crippen LogP contribution in [0.3, 0.4) is 0 Å². The van der Waals surface area contributed by atoms with Crippen LogP contribution < -0.4 is 5.19 Å². The van der Waals surface area contributed by atoms with Gasteiger partial charge in [0.05, 0.1) is 8.07 Å². The zero-order valence-electron chi connectivity index (χ0n) is 8.64. The van der Waals surface area contributed by atoms with Crippen LogP contribution in [-0.2, 0) is 6.42 Å². The van der Waals surface area contributed by atoms with Gasteiger partial charge < -0.3 is 0 Å². The molecule has 1 fully saturated rings. The van der Waals surface area contributed by atoms with Crippen LogP contribution in [0.1, 0.15) is 18.9 Å². The maximum Gasteiger partial charge on any atom is 0.0836 e. The summed E-state index contributed by atoms with van der Waals surface area (Å²) >= 11 is 0. The predicted molar refractivity (Wildman–Crippen MR) is 61.3 cm³/mol. The molecule has 1 heterocycles.